The van der Waals surface area contributed by atoms with E-state index in [2.05, 4.69) is 26.2 Å². The number of nitrogens with one attached hydrogen (secondary N) is 1. The summed E-state index contributed by atoms with van der Waals surface area (Å²) >= 11 is 3.06. The fraction of sp³-hybridized carbons (Fsp3) is 0.308. The predicted octanol–water partition coefficient (Wildman–Crippen LogP) is 4.01. The lowest BCUT2D eigenvalue weighted by atomic mass is 10.3. The van der Waals surface area contributed by atoms with Crippen molar-refractivity contribution in [2.45, 2.75) is 26.4 Å². The van der Waals surface area contributed by atoms with Gasteiger partial charge in [-0.05, 0) is 12.1 Å². The Morgan fingerprint density at radius 2 is 2.15 bits per heavy atom. The van der Waals surface area contributed by atoms with Crippen molar-refractivity contribution in [2.24, 2.45) is 0 Å². The summed E-state index contributed by atoms with van der Waals surface area (Å²) in [4.78, 5) is 4.02. The zero-order valence-electron chi connectivity index (χ0n) is 10.9. The minimum absolute atomic E-state index is 0.137. The van der Waals surface area contributed by atoms with E-state index in [-0.39, 0.29) is 11.8 Å². The van der Waals surface area contributed by atoms with E-state index in [9.17, 15) is 8.78 Å². The Hall–Kier alpha value is -1.47. The lowest BCUT2D eigenvalue weighted by molar-refractivity contribution is 0.312. The second-order valence-corrected chi connectivity index (χ2v) is 5.36. The van der Waals surface area contributed by atoms with Crippen LogP contribution in [0.5, 0.6) is 11.8 Å². The van der Waals surface area contributed by atoms with Crippen LogP contribution in [0.3, 0.4) is 0 Å². The molecule has 2 aromatic rings. The summed E-state index contributed by atoms with van der Waals surface area (Å²) in [7, 11) is 0. The van der Waals surface area contributed by atoms with Crippen LogP contribution in [-0.4, -0.2) is 11.0 Å². The molecular weight excluding hydrogens is 334 g/mol. The molecule has 0 spiro atoms. The number of halogens is 3. The summed E-state index contributed by atoms with van der Waals surface area (Å²) in [5.74, 6) is -2.39. The first kappa shape index (κ1) is 14.9. The van der Waals surface area contributed by atoms with Crippen molar-refractivity contribution in [3.63, 3.8) is 0 Å². The van der Waals surface area contributed by atoms with Crippen molar-refractivity contribution < 1.29 is 17.9 Å². The Labute approximate surface area is 123 Å². The summed E-state index contributed by atoms with van der Waals surface area (Å²) in [6.45, 7) is 4.49. The van der Waals surface area contributed by atoms with Crippen molar-refractivity contribution in [1.29, 1.82) is 0 Å². The predicted molar refractivity (Wildman–Crippen MR) is 72.6 cm³/mol. The van der Waals surface area contributed by atoms with E-state index in [0.717, 1.165) is 6.07 Å². The average Bonchev–Trinajstić information content (AvgIpc) is 2.80. The number of oxazole rings is 1. The molecular formula is C13H13BrF2N2O2. The smallest absolute Gasteiger partial charge is 0.399 e. The molecule has 0 aliphatic heterocycles. The number of benzene rings is 1. The van der Waals surface area contributed by atoms with Crippen LogP contribution in [0.15, 0.2) is 27.3 Å². The van der Waals surface area contributed by atoms with Gasteiger partial charge < -0.3 is 14.5 Å². The van der Waals surface area contributed by atoms with Crippen molar-refractivity contribution in [1.82, 2.24) is 10.3 Å². The average molecular weight is 347 g/mol. The van der Waals surface area contributed by atoms with Crippen LogP contribution < -0.4 is 10.1 Å². The fourth-order valence-corrected chi connectivity index (χ4v) is 1.83. The normalized spacial score (nSPS) is 11.1. The van der Waals surface area contributed by atoms with Crippen LogP contribution >= 0.6 is 15.9 Å². The number of hydrogen-bond acceptors (Lipinski definition) is 4. The van der Waals surface area contributed by atoms with E-state index >= 15 is 0 Å². The molecule has 2 rings (SSSR count). The maximum absolute atomic E-state index is 13.5. The topological polar surface area (TPSA) is 47.3 Å². The molecule has 0 amide bonds. The Morgan fingerprint density at radius 3 is 2.85 bits per heavy atom. The summed E-state index contributed by atoms with van der Waals surface area (Å²) in [5, 5.41) is 3.15. The van der Waals surface area contributed by atoms with E-state index in [1.165, 1.54) is 12.3 Å². The lowest BCUT2D eigenvalue weighted by Crippen LogP contribution is -2.21. The zero-order valence-corrected chi connectivity index (χ0v) is 12.5. The Bertz CT molecular complexity index is 602. The molecule has 0 saturated heterocycles. The van der Waals surface area contributed by atoms with Gasteiger partial charge in [-0.3, -0.25) is 0 Å². The number of aromatic nitrogens is 1. The maximum Gasteiger partial charge on any atom is 0.399 e. The van der Waals surface area contributed by atoms with Gasteiger partial charge in [-0.1, -0.05) is 29.8 Å². The summed E-state index contributed by atoms with van der Waals surface area (Å²) < 4.78 is 37.3. The molecule has 0 aliphatic rings. The summed E-state index contributed by atoms with van der Waals surface area (Å²) in [6.07, 6.45) is 1.26. The van der Waals surface area contributed by atoms with Crippen LogP contribution in [0.25, 0.3) is 0 Å². The molecule has 0 fully saturated rings. The summed E-state index contributed by atoms with van der Waals surface area (Å²) in [6, 6.07) is 2.61. The van der Waals surface area contributed by atoms with Gasteiger partial charge in [0.15, 0.2) is 11.6 Å². The third kappa shape index (κ3) is 3.77. The molecule has 108 valence electrons. The van der Waals surface area contributed by atoms with Gasteiger partial charge in [0.1, 0.15) is 6.26 Å². The second-order valence-electron chi connectivity index (χ2n) is 4.44. The van der Waals surface area contributed by atoms with Gasteiger partial charge in [0.2, 0.25) is 5.82 Å². The van der Waals surface area contributed by atoms with Crippen LogP contribution in [-0.2, 0) is 6.54 Å². The van der Waals surface area contributed by atoms with E-state index in [0.29, 0.717) is 22.8 Å². The van der Waals surface area contributed by atoms with Crippen molar-refractivity contribution in [3.8, 4) is 11.8 Å². The molecule has 20 heavy (non-hydrogen) atoms. The van der Waals surface area contributed by atoms with Crippen molar-refractivity contribution >= 4 is 15.9 Å². The Kier molecular flexibility index (Phi) is 4.72. The van der Waals surface area contributed by atoms with Gasteiger partial charge >= 0.3 is 6.08 Å². The van der Waals surface area contributed by atoms with Gasteiger partial charge in [-0.2, -0.15) is 9.37 Å². The van der Waals surface area contributed by atoms with Gasteiger partial charge in [-0.15, -0.1) is 0 Å². The van der Waals surface area contributed by atoms with E-state index in [4.69, 9.17) is 9.15 Å². The third-order valence-electron chi connectivity index (χ3n) is 2.38. The van der Waals surface area contributed by atoms with Gasteiger partial charge in [-0.25, -0.2) is 4.39 Å². The van der Waals surface area contributed by atoms with E-state index < -0.39 is 11.6 Å². The highest BCUT2D eigenvalue weighted by molar-refractivity contribution is 9.10. The molecule has 1 N–H and O–H groups in total. The lowest BCUT2D eigenvalue weighted by Gasteiger charge is -2.04. The monoisotopic (exact) mass is 346 g/mol. The molecule has 7 heteroatoms. The van der Waals surface area contributed by atoms with Crippen LogP contribution in [0.2, 0.25) is 0 Å². The first-order chi connectivity index (χ1) is 9.45. The highest BCUT2D eigenvalue weighted by Gasteiger charge is 2.15. The van der Waals surface area contributed by atoms with Gasteiger partial charge in [0.05, 0.1) is 5.69 Å². The highest BCUT2D eigenvalue weighted by atomic mass is 79.9. The molecule has 1 heterocycles. The zero-order chi connectivity index (χ0) is 14.7. The maximum atomic E-state index is 13.5. The van der Waals surface area contributed by atoms with Crippen molar-refractivity contribution in [2.75, 3.05) is 0 Å². The molecule has 0 aliphatic carbocycles. The first-order valence-corrected chi connectivity index (χ1v) is 6.75. The first-order valence-electron chi connectivity index (χ1n) is 5.96. The Morgan fingerprint density at radius 1 is 1.40 bits per heavy atom. The SMILES string of the molecule is CC(C)NCc1coc(Oc2cc(Br)cc(F)c2F)n1. The number of rotatable bonds is 5. The Balaban J connectivity index is 2.11. The standard InChI is InChI=1S/C13H13BrF2N2O2/c1-7(2)17-5-9-6-19-13(18-9)20-11-4-8(14)3-10(15)12(11)16/h3-4,6-7,17H,5H2,1-2H3. The van der Waals surface area contributed by atoms with Crippen LogP contribution in [0.4, 0.5) is 8.78 Å². The minimum atomic E-state index is -1.09. The molecule has 0 atom stereocenters. The molecule has 1 aromatic carbocycles. The van der Waals surface area contributed by atoms with Gasteiger partial charge in [0, 0.05) is 17.1 Å². The molecule has 0 unspecified atom stereocenters. The molecule has 0 saturated carbocycles. The molecule has 0 radical (unpaired) electrons. The van der Waals surface area contributed by atoms with Gasteiger partial charge in [0.25, 0.3) is 0 Å². The molecule has 0 bridgehead atoms. The minimum Gasteiger partial charge on any atom is -0.417 e. The van der Waals surface area contributed by atoms with Crippen LogP contribution in [0.1, 0.15) is 19.5 Å². The number of nitrogens with zero attached hydrogens (tertiary/aromatic N) is 1. The number of hydrogen-bond donors (Lipinski definition) is 1. The largest absolute Gasteiger partial charge is 0.417 e. The molecule has 4 nitrogen and oxygen atoms in total. The highest BCUT2D eigenvalue weighted by Crippen LogP contribution is 2.29. The second kappa shape index (κ2) is 6.32. The van der Waals surface area contributed by atoms with E-state index in [1.54, 1.807) is 0 Å². The van der Waals surface area contributed by atoms with Crippen LogP contribution in [0, 0.1) is 11.6 Å². The summed E-state index contributed by atoms with van der Waals surface area (Å²) in [5.41, 5.74) is 0.615. The third-order valence-corrected chi connectivity index (χ3v) is 2.84. The molecule has 1 aromatic heterocycles. The fourth-order valence-electron chi connectivity index (χ4n) is 1.43. The van der Waals surface area contributed by atoms with E-state index in [1.807, 2.05) is 13.8 Å². The quantitative estimate of drug-likeness (QED) is 0.831. The van der Waals surface area contributed by atoms with Crippen molar-refractivity contribution in [3.05, 3.63) is 40.2 Å². The number of ether oxygens (including phenoxy) is 1.